The van der Waals surface area contributed by atoms with Gasteiger partial charge < -0.3 is 5.11 Å². The molecule has 1 fully saturated rings. The fourth-order valence-corrected chi connectivity index (χ4v) is 3.44. The van der Waals surface area contributed by atoms with Gasteiger partial charge in [-0.1, -0.05) is 48.5 Å². The van der Waals surface area contributed by atoms with Gasteiger partial charge in [0.05, 0.1) is 11.6 Å². The lowest BCUT2D eigenvalue weighted by Gasteiger charge is -2.24. The molecule has 144 valence electrons. The fourth-order valence-electron chi connectivity index (χ4n) is 3.44. The van der Waals surface area contributed by atoms with Crippen LogP contribution in [-0.2, 0) is 9.59 Å². The SMILES string of the molecule is Cc1cccc(N2C(=O)C(=O)/C(=C(/O)c3ccccc3)[C@H]2c2ccc(F)cc2)n1. The van der Waals surface area contributed by atoms with Crippen LogP contribution in [0.2, 0.25) is 0 Å². The lowest BCUT2D eigenvalue weighted by molar-refractivity contribution is -0.132. The van der Waals surface area contributed by atoms with Gasteiger partial charge >= 0.3 is 5.91 Å². The lowest BCUT2D eigenvalue weighted by Crippen LogP contribution is -2.30. The molecule has 0 radical (unpaired) electrons. The van der Waals surface area contributed by atoms with Gasteiger partial charge in [0.25, 0.3) is 5.78 Å². The summed E-state index contributed by atoms with van der Waals surface area (Å²) >= 11 is 0. The maximum atomic E-state index is 13.5. The average molecular weight is 388 g/mol. The third-order valence-electron chi connectivity index (χ3n) is 4.80. The van der Waals surface area contributed by atoms with E-state index in [9.17, 15) is 19.1 Å². The third kappa shape index (κ3) is 3.29. The number of aromatic nitrogens is 1. The molecular weight excluding hydrogens is 371 g/mol. The minimum Gasteiger partial charge on any atom is -0.507 e. The quantitative estimate of drug-likeness (QED) is 0.416. The number of carbonyl (C=O) groups is 2. The predicted octanol–water partition coefficient (Wildman–Crippen LogP) is 4.16. The van der Waals surface area contributed by atoms with Crippen molar-refractivity contribution in [1.29, 1.82) is 0 Å². The largest absolute Gasteiger partial charge is 0.507 e. The number of pyridine rings is 1. The van der Waals surface area contributed by atoms with E-state index < -0.39 is 23.5 Å². The second kappa shape index (κ2) is 7.31. The van der Waals surface area contributed by atoms with Crippen molar-refractivity contribution in [3.05, 3.63) is 101 Å². The van der Waals surface area contributed by atoms with Gasteiger partial charge in [-0.2, -0.15) is 0 Å². The molecule has 2 aromatic carbocycles. The van der Waals surface area contributed by atoms with E-state index in [1.54, 1.807) is 55.5 Å². The Labute approximate surface area is 166 Å². The summed E-state index contributed by atoms with van der Waals surface area (Å²) in [6, 6.07) is 18.2. The molecule has 6 heteroatoms. The Kier molecular flexibility index (Phi) is 4.68. The molecule has 4 rings (SSSR count). The smallest absolute Gasteiger partial charge is 0.301 e. The van der Waals surface area contributed by atoms with E-state index in [0.29, 0.717) is 16.8 Å². The molecule has 1 aliphatic heterocycles. The summed E-state index contributed by atoms with van der Waals surface area (Å²) < 4.78 is 13.5. The molecule has 1 amide bonds. The second-order valence-electron chi connectivity index (χ2n) is 6.72. The first-order chi connectivity index (χ1) is 14.0. The zero-order chi connectivity index (χ0) is 20.5. The molecule has 0 bridgehead atoms. The average Bonchev–Trinajstić information content (AvgIpc) is 2.99. The molecule has 0 saturated carbocycles. The highest BCUT2D eigenvalue weighted by molar-refractivity contribution is 6.51. The molecule has 1 aliphatic rings. The maximum Gasteiger partial charge on any atom is 0.301 e. The number of nitrogens with zero attached hydrogens (tertiary/aromatic N) is 2. The Bertz CT molecular complexity index is 1120. The topological polar surface area (TPSA) is 70.5 Å². The molecule has 1 aromatic heterocycles. The summed E-state index contributed by atoms with van der Waals surface area (Å²) in [5, 5.41) is 10.9. The van der Waals surface area contributed by atoms with Crippen molar-refractivity contribution >= 4 is 23.3 Å². The zero-order valence-electron chi connectivity index (χ0n) is 15.5. The van der Waals surface area contributed by atoms with Gasteiger partial charge in [-0.3, -0.25) is 14.5 Å². The van der Waals surface area contributed by atoms with Crippen LogP contribution in [0.3, 0.4) is 0 Å². The Morgan fingerprint density at radius 1 is 0.966 bits per heavy atom. The third-order valence-corrected chi connectivity index (χ3v) is 4.80. The van der Waals surface area contributed by atoms with Crippen molar-refractivity contribution < 1.29 is 19.1 Å². The number of anilines is 1. The normalized spacial score (nSPS) is 18.3. The van der Waals surface area contributed by atoms with Crippen LogP contribution in [0, 0.1) is 12.7 Å². The van der Waals surface area contributed by atoms with Crippen LogP contribution in [0.4, 0.5) is 10.2 Å². The Hall–Kier alpha value is -3.80. The van der Waals surface area contributed by atoms with Gasteiger partial charge in [-0.15, -0.1) is 0 Å². The molecule has 2 heterocycles. The van der Waals surface area contributed by atoms with Gasteiger partial charge in [0.2, 0.25) is 0 Å². The molecule has 1 atom stereocenters. The summed E-state index contributed by atoms with van der Waals surface area (Å²) in [5.41, 5.74) is 1.52. The Morgan fingerprint density at radius 2 is 1.66 bits per heavy atom. The lowest BCUT2D eigenvalue weighted by atomic mass is 9.95. The molecule has 0 aliphatic carbocycles. The first-order valence-corrected chi connectivity index (χ1v) is 9.03. The fraction of sp³-hybridized carbons (Fsp3) is 0.0870. The molecule has 3 aromatic rings. The molecule has 0 unspecified atom stereocenters. The van der Waals surface area contributed by atoms with E-state index in [4.69, 9.17) is 0 Å². The predicted molar refractivity (Wildman–Crippen MR) is 107 cm³/mol. The monoisotopic (exact) mass is 388 g/mol. The number of benzene rings is 2. The maximum absolute atomic E-state index is 13.5. The van der Waals surface area contributed by atoms with Crippen LogP contribution in [0.15, 0.2) is 78.4 Å². The van der Waals surface area contributed by atoms with E-state index >= 15 is 0 Å². The molecule has 1 saturated heterocycles. The number of Topliss-reactive ketones (excluding diaryl/α,β-unsaturated/α-hetero) is 1. The van der Waals surface area contributed by atoms with Crippen molar-refractivity contribution in [3.8, 4) is 0 Å². The molecular formula is C23H17FN2O3. The van der Waals surface area contributed by atoms with E-state index in [0.717, 1.165) is 0 Å². The van der Waals surface area contributed by atoms with E-state index in [1.807, 2.05) is 0 Å². The highest BCUT2D eigenvalue weighted by Gasteiger charge is 2.47. The van der Waals surface area contributed by atoms with Gasteiger partial charge in [-0.25, -0.2) is 9.37 Å². The zero-order valence-corrected chi connectivity index (χ0v) is 15.5. The summed E-state index contributed by atoms with van der Waals surface area (Å²) in [6.07, 6.45) is 0. The Morgan fingerprint density at radius 3 is 2.31 bits per heavy atom. The number of aryl methyl sites for hydroxylation is 1. The number of hydrogen-bond acceptors (Lipinski definition) is 4. The number of rotatable bonds is 3. The number of amides is 1. The number of aliphatic hydroxyl groups is 1. The molecule has 1 N–H and O–H groups in total. The van der Waals surface area contributed by atoms with Crippen LogP contribution < -0.4 is 4.90 Å². The van der Waals surface area contributed by atoms with E-state index in [-0.39, 0.29) is 17.2 Å². The standard InChI is InChI=1S/C23H17FN2O3/c1-14-6-5-9-18(25-14)26-20(15-10-12-17(24)13-11-15)19(22(28)23(26)29)21(27)16-7-3-2-4-8-16/h2-13,20,27H,1H3/b21-19+/t20-/m1/s1. The summed E-state index contributed by atoms with van der Waals surface area (Å²) in [6.45, 7) is 1.77. The summed E-state index contributed by atoms with van der Waals surface area (Å²) in [4.78, 5) is 31.5. The number of ketones is 1. The number of halogens is 1. The minimum absolute atomic E-state index is 0.0592. The van der Waals surface area contributed by atoms with Gasteiger partial charge in [0.15, 0.2) is 0 Å². The van der Waals surface area contributed by atoms with Crippen molar-refractivity contribution in [1.82, 2.24) is 4.98 Å². The highest BCUT2D eigenvalue weighted by Crippen LogP contribution is 2.41. The summed E-state index contributed by atoms with van der Waals surface area (Å²) in [7, 11) is 0. The van der Waals surface area contributed by atoms with E-state index in [1.165, 1.54) is 29.2 Å². The van der Waals surface area contributed by atoms with Crippen molar-refractivity contribution in [2.24, 2.45) is 0 Å². The van der Waals surface area contributed by atoms with Crippen LogP contribution in [0.5, 0.6) is 0 Å². The molecule has 29 heavy (non-hydrogen) atoms. The van der Waals surface area contributed by atoms with Crippen molar-refractivity contribution in [2.75, 3.05) is 4.90 Å². The van der Waals surface area contributed by atoms with Gasteiger partial charge in [0, 0.05) is 11.3 Å². The van der Waals surface area contributed by atoms with E-state index in [2.05, 4.69) is 4.98 Å². The van der Waals surface area contributed by atoms with Gasteiger partial charge in [-0.05, 0) is 36.8 Å². The molecule has 5 nitrogen and oxygen atoms in total. The van der Waals surface area contributed by atoms with Crippen molar-refractivity contribution in [3.63, 3.8) is 0 Å². The highest BCUT2D eigenvalue weighted by atomic mass is 19.1. The number of aliphatic hydroxyl groups excluding tert-OH is 1. The Balaban J connectivity index is 1.96. The minimum atomic E-state index is -0.926. The van der Waals surface area contributed by atoms with Gasteiger partial charge in [0.1, 0.15) is 17.4 Å². The van der Waals surface area contributed by atoms with Crippen LogP contribution in [0.25, 0.3) is 5.76 Å². The molecule has 0 spiro atoms. The summed E-state index contributed by atoms with van der Waals surface area (Å²) in [5.74, 6) is -2.05. The van der Waals surface area contributed by atoms with Crippen LogP contribution >= 0.6 is 0 Å². The second-order valence-corrected chi connectivity index (χ2v) is 6.72. The number of hydrogen-bond donors (Lipinski definition) is 1. The number of carbonyl (C=O) groups excluding carboxylic acids is 2. The first kappa shape index (κ1) is 18.6. The van der Waals surface area contributed by atoms with Crippen LogP contribution in [0.1, 0.15) is 22.9 Å². The van der Waals surface area contributed by atoms with Crippen LogP contribution in [-0.4, -0.2) is 21.8 Å². The van der Waals surface area contributed by atoms with Crippen molar-refractivity contribution in [2.45, 2.75) is 13.0 Å². The first-order valence-electron chi connectivity index (χ1n) is 9.03.